The molecule has 2 aromatic heterocycles. The molecule has 0 aliphatic carbocycles. The second kappa shape index (κ2) is 15.6. The average Bonchev–Trinajstić information content (AvgIpc) is 3.82. The number of ether oxygens (including phenoxy) is 2. The van der Waals surface area contributed by atoms with Crippen LogP contribution in [0.25, 0.3) is 42.7 Å². The first-order valence-electron chi connectivity index (χ1n) is 17.5. The molecule has 0 saturated carbocycles. The van der Waals surface area contributed by atoms with Gasteiger partial charge in [-0.05, 0) is 83.9 Å². The molecular weight excluding hydrogens is 801 g/mol. The second-order valence-corrected chi connectivity index (χ2v) is 14.8. The third-order valence-corrected chi connectivity index (χ3v) is 10.9. The first-order valence-corrected chi connectivity index (χ1v) is 19.1. The number of thiazole rings is 2. The minimum atomic E-state index is -4.53. The number of hydrogen-bond donors (Lipinski definition) is 1. The van der Waals surface area contributed by atoms with Crippen molar-refractivity contribution in [1.29, 1.82) is 0 Å². The summed E-state index contributed by atoms with van der Waals surface area (Å²) in [6.45, 7) is -0.349. The van der Waals surface area contributed by atoms with Gasteiger partial charge in [0, 0.05) is 28.9 Å². The largest absolute Gasteiger partial charge is 0.431 e. The predicted octanol–water partition coefficient (Wildman–Crippen LogP) is 12.5. The van der Waals surface area contributed by atoms with Crippen LogP contribution in [0, 0.1) is 0 Å². The average molecular weight is 828 g/mol. The molecule has 292 valence electrons. The minimum Gasteiger partial charge on any atom is -0.431 e. The zero-order valence-corrected chi connectivity index (χ0v) is 31.3. The van der Waals surface area contributed by atoms with Gasteiger partial charge in [-0.25, -0.2) is 9.97 Å². The van der Waals surface area contributed by atoms with Gasteiger partial charge in [-0.2, -0.15) is 26.3 Å². The lowest BCUT2D eigenvalue weighted by Gasteiger charge is -2.23. The van der Waals surface area contributed by atoms with Crippen LogP contribution in [0.5, 0.6) is 21.9 Å². The molecule has 15 heteroatoms. The summed E-state index contributed by atoms with van der Waals surface area (Å²) in [7, 11) is 0. The lowest BCUT2D eigenvalue weighted by Crippen LogP contribution is -2.33. The van der Waals surface area contributed by atoms with Gasteiger partial charge in [-0.15, -0.1) is 0 Å². The number of hydrogen-bond acceptors (Lipinski definition) is 8. The summed E-state index contributed by atoms with van der Waals surface area (Å²) in [5.41, 5.74) is 3.18. The fourth-order valence-corrected chi connectivity index (χ4v) is 8.28. The van der Waals surface area contributed by atoms with Crippen molar-refractivity contribution in [1.82, 2.24) is 9.97 Å². The van der Waals surface area contributed by atoms with Crippen LogP contribution in [0.15, 0.2) is 133 Å². The van der Waals surface area contributed by atoms with E-state index in [1.54, 1.807) is 54.6 Å². The number of aliphatic hydroxyl groups is 1. The van der Waals surface area contributed by atoms with Crippen molar-refractivity contribution in [2.75, 3.05) is 18.1 Å². The van der Waals surface area contributed by atoms with Crippen LogP contribution in [-0.4, -0.2) is 34.1 Å². The quantitative estimate of drug-likeness (QED) is 0.138. The fraction of sp³-hybridized carbons (Fsp3) is 0.0930. The van der Waals surface area contributed by atoms with Gasteiger partial charge in [0.05, 0.1) is 38.2 Å². The van der Waals surface area contributed by atoms with Crippen molar-refractivity contribution >= 4 is 54.7 Å². The number of alkyl halides is 6. The van der Waals surface area contributed by atoms with Crippen LogP contribution < -0.4 is 14.4 Å². The summed E-state index contributed by atoms with van der Waals surface area (Å²) in [4.78, 5) is 24.7. The maximum atomic E-state index is 14.2. The number of carbonyl (C=O) groups excluding carboxylic acids is 1. The molecule has 1 amide bonds. The maximum absolute atomic E-state index is 14.2. The zero-order chi connectivity index (χ0) is 40.6. The van der Waals surface area contributed by atoms with Gasteiger partial charge >= 0.3 is 12.4 Å². The van der Waals surface area contributed by atoms with Crippen molar-refractivity contribution < 1.29 is 45.7 Å². The highest BCUT2D eigenvalue weighted by molar-refractivity contribution is 7.21. The van der Waals surface area contributed by atoms with Crippen molar-refractivity contribution in [3.8, 4) is 44.1 Å². The number of fused-ring (bicyclic) bond motifs is 2. The van der Waals surface area contributed by atoms with Crippen LogP contribution in [-0.2, 0) is 12.4 Å². The first kappa shape index (κ1) is 38.6. The fourth-order valence-electron chi connectivity index (χ4n) is 6.34. The number of halogens is 6. The molecule has 0 saturated heterocycles. The highest BCUT2D eigenvalue weighted by Crippen LogP contribution is 2.41. The Morgan fingerprint density at radius 3 is 1.60 bits per heavy atom. The molecule has 6 aromatic carbocycles. The lowest BCUT2D eigenvalue weighted by molar-refractivity contribution is -0.138. The van der Waals surface area contributed by atoms with Crippen molar-refractivity contribution in [2.24, 2.45) is 0 Å². The molecule has 0 unspecified atom stereocenters. The summed E-state index contributed by atoms with van der Waals surface area (Å²) in [5, 5.41) is 10.4. The van der Waals surface area contributed by atoms with Gasteiger partial charge in [0.15, 0.2) is 0 Å². The monoisotopic (exact) mass is 827 g/mol. The number of nitrogens with zero attached hydrogens (tertiary/aromatic N) is 3. The number of carbonyl (C=O) groups is 1. The molecule has 0 radical (unpaired) electrons. The number of anilines is 1. The van der Waals surface area contributed by atoms with E-state index in [0.29, 0.717) is 32.5 Å². The molecule has 0 aliphatic rings. The van der Waals surface area contributed by atoms with E-state index in [1.165, 1.54) is 40.5 Å². The second-order valence-electron chi connectivity index (χ2n) is 12.8. The highest BCUT2D eigenvalue weighted by Gasteiger charge is 2.32. The van der Waals surface area contributed by atoms with Crippen molar-refractivity contribution in [3.63, 3.8) is 0 Å². The third-order valence-electron chi connectivity index (χ3n) is 8.98. The Morgan fingerprint density at radius 2 is 1.09 bits per heavy atom. The molecule has 8 rings (SSSR count). The molecule has 0 fully saturated rings. The summed E-state index contributed by atoms with van der Waals surface area (Å²) in [5.74, 6) is -0.394. The Bertz CT molecular complexity index is 2800. The van der Waals surface area contributed by atoms with E-state index in [1.807, 2.05) is 30.3 Å². The Kier molecular flexibility index (Phi) is 10.4. The lowest BCUT2D eigenvalue weighted by atomic mass is 10.0. The van der Waals surface area contributed by atoms with Gasteiger partial charge in [0.25, 0.3) is 16.3 Å². The standard InChI is InChI=1S/C43H27F6N3O4S2/c44-42(45,46)28-10-3-13-31(23-28)55-40-50-35-17-5-15-33(37(35)57-40)25-7-1-9-27(21-25)39(54)52(19-20-53)30-12-2-8-26(22-30)34-16-6-18-36-38(34)58-41(51-36)56-32-14-4-11-29(24-32)43(47,48)49/h1-18,21-24,53H,19-20H2. The summed E-state index contributed by atoms with van der Waals surface area (Å²) < 4.78 is 92.7. The number of rotatable bonds is 10. The highest BCUT2D eigenvalue weighted by atomic mass is 32.1. The number of aliphatic hydroxyl groups excluding tert-OH is 1. The summed E-state index contributed by atoms with van der Waals surface area (Å²) in [6.07, 6.45) is -9.06. The molecular formula is C43H27F6N3O4S2. The Morgan fingerprint density at radius 1 is 0.603 bits per heavy atom. The maximum Gasteiger partial charge on any atom is 0.416 e. The number of aromatic nitrogens is 2. The van der Waals surface area contributed by atoms with E-state index in [9.17, 15) is 36.2 Å². The van der Waals surface area contributed by atoms with Crippen LogP contribution >= 0.6 is 22.7 Å². The SMILES string of the molecule is O=C(c1cccc(-c2cccc3nc(Oc4cccc(C(F)(F)F)c4)sc23)c1)N(CCO)c1cccc(-c2cccc3nc(Oc4cccc(C(F)(F)F)c4)sc23)c1. The molecule has 0 bridgehead atoms. The number of amides is 1. The summed E-state index contributed by atoms with van der Waals surface area (Å²) >= 11 is 2.33. The number of benzene rings is 6. The van der Waals surface area contributed by atoms with E-state index in [-0.39, 0.29) is 40.9 Å². The zero-order valence-electron chi connectivity index (χ0n) is 29.7. The van der Waals surface area contributed by atoms with Gasteiger partial charge in [0.2, 0.25) is 0 Å². The molecule has 1 N–H and O–H groups in total. The van der Waals surface area contributed by atoms with Crippen molar-refractivity contribution in [3.05, 3.63) is 150 Å². The Balaban J connectivity index is 1.07. The van der Waals surface area contributed by atoms with Crippen LogP contribution in [0.1, 0.15) is 21.5 Å². The summed E-state index contributed by atoms with van der Waals surface area (Å²) in [6, 6.07) is 34.1. The molecule has 0 aliphatic heterocycles. The first-order chi connectivity index (χ1) is 27.8. The van der Waals surface area contributed by atoms with E-state index in [2.05, 4.69) is 9.97 Å². The predicted molar refractivity (Wildman–Crippen MR) is 212 cm³/mol. The van der Waals surface area contributed by atoms with Crippen molar-refractivity contribution in [2.45, 2.75) is 12.4 Å². The van der Waals surface area contributed by atoms with Crippen LogP contribution in [0.3, 0.4) is 0 Å². The molecule has 0 atom stereocenters. The molecule has 8 aromatic rings. The molecule has 58 heavy (non-hydrogen) atoms. The topological polar surface area (TPSA) is 84.8 Å². The van der Waals surface area contributed by atoms with Gasteiger partial charge in [-0.1, -0.05) is 83.3 Å². The molecule has 2 heterocycles. The van der Waals surface area contributed by atoms with E-state index >= 15 is 0 Å². The van der Waals surface area contributed by atoms with E-state index in [0.717, 1.165) is 57.0 Å². The third kappa shape index (κ3) is 8.09. The Labute approximate surface area is 334 Å². The molecule has 7 nitrogen and oxygen atoms in total. The molecule has 0 spiro atoms. The van der Waals surface area contributed by atoms with Gasteiger partial charge in [0.1, 0.15) is 11.5 Å². The van der Waals surface area contributed by atoms with E-state index in [4.69, 9.17) is 9.47 Å². The van der Waals surface area contributed by atoms with Crippen LogP contribution in [0.2, 0.25) is 0 Å². The van der Waals surface area contributed by atoms with Gasteiger partial charge in [-0.3, -0.25) is 4.79 Å². The van der Waals surface area contributed by atoms with Gasteiger partial charge < -0.3 is 19.5 Å². The van der Waals surface area contributed by atoms with E-state index < -0.39 is 23.5 Å². The van der Waals surface area contributed by atoms with Crippen LogP contribution in [0.4, 0.5) is 32.0 Å². The Hall–Kier alpha value is -6.29. The normalized spacial score (nSPS) is 11.9. The minimum absolute atomic E-state index is 0.00353. The smallest absolute Gasteiger partial charge is 0.416 e.